The van der Waals surface area contributed by atoms with Gasteiger partial charge >= 0.3 is 0 Å². The molecule has 0 saturated heterocycles. The molecule has 0 aliphatic carbocycles. The lowest BCUT2D eigenvalue weighted by Crippen LogP contribution is -2.14. The molecule has 2 heterocycles. The fraction of sp³-hybridized carbons (Fsp3) is 0.214. The highest BCUT2D eigenvalue weighted by atomic mass is 79.9. The molecule has 0 N–H and O–H groups in total. The Hall–Kier alpha value is -0.580. The number of carbonyl (C=O) groups excluding carboxylic acids is 1. The Balaban J connectivity index is 1.78. The fourth-order valence-electron chi connectivity index (χ4n) is 2.17. The number of rotatable bonds is 3. The van der Waals surface area contributed by atoms with Crippen molar-refractivity contribution in [1.82, 2.24) is 0 Å². The molecule has 0 saturated carbocycles. The number of hydrogen-bond acceptors (Lipinski definition) is 3. The average molecular weight is 339 g/mol. The molecule has 1 atom stereocenters. The van der Waals surface area contributed by atoms with Gasteiger partial charge in [0.25, 0.3) is 0 Å². The zero-order valence-electron chi connectivity index (χ0n) is 9.56. The summed E-state index contributed by atoms with van der Waals surface area (Å²) in [6.07, 6.45) is 0.551. The van der Waals surface area contributed by atoms with Gasteiger partial charge in [-0.25, -0.2) is 0 Å². The summed E-state index contributed by atoms with van der Waals surface area (Å²) >= 11 is 6.87. The lowest BCUT2D eigenvalue weighted by atomic mass is 9.95. The quantitative estimate of drug-likeness (QED) is 0.818. The maximum atomic E-state index is 12.4. The van der Waals surface area contributed by atoms with Crippen LogP contribution in [0.25, 0.3) is 0 Å². The van der Waals surface area contributed by atoms with E-state index in [1.807, 2.05) is 24.3 Å². The van der Waals surface area contributed by atoms with E-state index < -0.39 is 0 Å². The summed E-state index contributed by atoms with van der Waals surface area (Å²) in [6.45, 7) is 0. The van der Waals surface area contributed by atoms with Crippen molar-refractivity contribution in [2.24, 2.45) is 0 Å². The Morgan fingerprint density at radius 1 is 1.28 bits per heavy atom. The number of fused-ring (bicyclic) bond motifs is 1. The minimum atomic E-state index is 0.0760. The molecule has 0 bridgehead atoms. The molecule has 3 rings (SSSR count). The maximum Gasteiger partial charge on any atom is 0.146 e. The summed E-state index contributed by atoms with van der Waals surface area (Å²) in [7, 11) is 0. The normalized spacial score (nSPS) is 17.7. The number of halogens is 1. The van der Waals surface area contributed by atoms with E-state index >= 15 is 0 Å². The van der Waals surface area contributed by atoms with E-state index in [1.54, 1.807) is 23.1 Å². The van der Waals surface area contributed by atoms with Gasteiger partial charge < -0.3 is 0 Å². The highest BCUT2D eigenvalue weighted by Gasteiger charge is 2.28. The van der Waals surface area contributed by atoms with Crippen LogP contribution in [-0.4, -0.2) is 11.5 Å². The van der Waals surface area contributed by atoms with E-state index in [0.717, 1.165) is 14.4 Å². The largest absolute Gasteiger partial charge is 0.299 e. The van der Waals surface area contributed by atoms with Gasteiger partial charge in [0.05, 0.1) is 9.70 Å². The minimum absolute atomic E-state index is 0.0760. The van der Waals surface area contributed by atoms with E-state index in [-0.39, 0.29) is 5.92 Å². The Bertz CT molecular complexity index is 591. The van der Waals surface area contributed by atoms with Crippen molar-refractivity contribution >= 4 is 44.8 Å². The molecule has 1 aliphatic heterocycles. The number of carbonyl (C=O) groups is 1. The SMILES string of the molecule is O=C(Cc1ccc(Br)s1)C1CSc2ccccc21. The van der Waals surface area contributed by atoms with Crippen molar-refractivity contribution in [2.45, 2.75) is 17.2 Å². The summed E-state index contributed by atoms with van der Waals surface area (Å²) in [5, 5.41) is 0. The Labute approximate surface area is 123 Å². The number of hydrogen-bond donors (Lipinski definition) is 0. The fourth-order valence-corrected chi connectivity index (χ4v) is 4.93. The molecule has 92 valence electrons. The van der Waals surface area contributed by atoms with Crippen LogP contribution >= 0.6 is 39.0 Å². The van der Waals surface area contributed by atoms with Gasteiger partial charge in [0.1, 0.15) is 5.78 Å². The van der Waals surface area contributed by atoms with Gasteiger partial charge in [0.15, 0.2) is 0 Å². The molecule has 1 nitrogen and oxygen atoms in total. The predicted molar refractivity (Wildman–Crippen MR) is 80.6 cm³/mol. The topological polar surface area (TPSA) is 17.1 Å². The molecule has 0 radical (unpaired) electrons. The third-order valence-corrected chi connectivity index (χ3v) is 5.87. The number of benzene rings is 1. The van der Waals surface area contributed by atoms with Crippen molar-refractivity contribution in [1.29, 1.82) is 0 Å². The highest BCUT2D eigenvalue weighted by molar-refractivity contribution is 9.11. The predicted octanol–water partition coefficient (Wildman–Crippen LogP) is 4.51. The second-order valence-electron chi connectivity index (χ2n) is 4.25. The first-order valence-corrected chi connectivity index (χ1v) is 8.32. The van der Waals surface area contributed by atoms with Gasteiger partial charge in [-0.2, -0.15) is 0 Å². The average Bonchev–Trinajstić information content (AvgIpc) is 2.95. The molecule has 1 aliphatic rings. The summed E-state index contributed by atoms with van der Waals surface area (Å²) in [5.74, 6) is 1.30. The van der Waals surface area contributed by atoms with E-state index in [9.17, 15) is 4.79 Å². The minimum Gasteiger partial charge on any atom is -0.299 e. The standard InChI is InChI=1S/C14H11BrOS2/c15-14-6-5-9(18-14)7-12(16)11-8-17-13-4-2-1-3-10(11)13/h1-6,11H,7-8H2. The van der Waals surface area contributed by atoms with Crippen LogP contribution in [0.4, 0.5) is 0 Å². The molecular formula is C14H11BrOS2. The Kier molecular flexibility index (Phi) is 3.59. The van der Waals surface area contributed by atoms with Crippen LogP contribution in [-0.2, 0) is 11.2 Å². The van der Waals surface area contributed by atoms with Gasteiger partial charge in [-0.15, -0.1) is 23.1 Å². The van der Waals surface area contributed by atoms with Crippen LogP contribution in [0.3, 0.4) is 0 Å². The van der Waals surface area contributed by atoms with Crippen molar-refractivity contribution in [3.63, 3.8) is 0 Å². The smallest absolute Gasteiger partial charge is 0.146 e. The second-order valence-corrected chi connectivity index (χ2v) is 7.86. The number of thioether (sulfide) groups is 1. The van der Waals surface area contributed by atoms with Gasteiger partial charge in [-0.1, -0.05) is 18.2 Å². The van der Waals surface area contributed by atoms with Crippen molar-refractivity contribution in [3.05, 3.63) is 50.6 Å². The zero-order chi connectivity index (χ0) is 12.5. The molecule has 1 unspecified atom stereocenters. The third-order valence-electron chi connectivity index (χ3n) is 3.07. The van der Waals surface area contributed by atoms with Crippen molar-refractivity contribution < 1.29 is 4.79 Å². The summed E-state index contributed by atoms with van der Waals surface area (Å²) in [6, 6.07) is 12.3. The van der Waals surface area contributed by atoms with E-state index in [4.69, 9.17) is 0 Å². The highest BCUT2D eigenvalue weighted by Crippen LogP contribution is 2.40. The van der Waals surface area contributed by atoms with E-state index in [2.05, 4.69) is 28.1 Å². The number of thiophene rings is 1. The first kappa shape index (κ1) is 12.5. The van der Waals surface area contributed by atoms with Crippen LogP contribution in [0.2, 0.25) is 0 Å². The number of ketones is 1. The molecule has 4 heteroatoms. The van der Waals surface area contributed by atoms with Crippen molar-refractivity contribution in [3.8, 4) is 0 Å². The van der Waals surface area contributed by atoms with Gasteiger partial charge in [0, 0.05) is 21.9 Å². The molecular weight excluding hydrogens is 328 g/mol. The van der Waals surface area contributed by atoms with Crippen molar-refractivity contribution in [2.75, 3.05) is 5.75 Å². The van der Waals surface area contributed by atoms with Gasteiger partial charge in [-0.05, 0) is 39.7 Å². The second kappa shape index (κ2) is 5.19. The number of Topliss-reactive ketones (excluding diaryl/α,β-unsaturated/α-hetero) is 1. The van der Waals surface area contributed by atoms with Gasteiger partial charge in [0.2, 0.25) is 0 Å². The summed E-state index contributed by atoms with van der Waals surface area (Å²) in [4.78, 5) is 14.8. The maximum absolute atomic E-state index is 12.4. The molecule has 0 fully saturated rings. The van der Waals surface area contributed by atoms with Crippen LogP contribution < -0.4 is 0 Å². The first-order valence-electron chi connectivity index (χ1n) is 5.72. The lowest BCUT2D eigenvalue weighted by Gasteiger charge is -2.08. The summed E-state index contributed by atoms with van der Waals surface area (Å²) in [5.41, 5.74) is 1.21. The third kappa shape index (κ3) is 2.42. The van der Waals surface area contributed by atoms with E-state index in [1.165, 1.54) is 10.5 Å². The molecule has 1 aromatic heterocycles. The van der Waals surface area contributed by atoms with Gasteiger partial charge in [-0.3, -0.25) is 4.79 Å². The zero-order valence-corrected chi connectivity index (χ0v) is 12.8. The molecule has 0 amide bonds. The first-order chi connectivity index (χ1) is 8.74. The van der Waals surface area contributed by atoms with Crippen LogP contribution in [0.1, 0.15) is 16.4 Å². The van der Waals surface area contributed by atoms with E-state index in [0.29, 0.717) is 12.2 Å². The Morgan fingerprint density at radius 2 is 2.11 bits per heavy atom. The molecule has 2 aromatic rings. The summed E-state index contributed by atoms with van der Waals surface area (Å²) < 4.78 is 1.09. The lowest BCUT2D eigenvalue weighted by molar-refractivity contribution is -0.119. The van der Waals surface area contributed by atoms with Crippen LogP contribution in [0, 0.1) is 0 Å². The Morgan fingerprint density at radius 3 is 2.89 bits per heavy atom. The van der Waals surface area contributed by atoms with Crippen LogP contribution in [0.5, 0.6) is 0 Å². The molecule has 0 spiro atoms. The molecule has 1 aromatic carbocycles. The monoisotopic (exact) mass is 338 g/mol. The molecule has 18 heavy (non-hydrogen) atoms. The van der Waals surface area contributed by atoms with Crippen LogP contribution in [0.15, 0.2) is 45.1 Å².